The van der Waals surface area contributed by atoms with Gasteiger partial charge in [0, 0.05) is 0 Å². The highest BCUT2D eigenvalue weighted by atomic mass is 35.5. The van der Waals surface area contributed by atoms with E-state index in [1.54, 1.807) is 6.08 Å². The number of amides is 2. The highest BCUT2D eigenvalue weighted by molar-refractivity contribution is 6.31. The molecule has 0 aromatic heterocycles. The summed E-state index contributed by atoms with van der Waals surface area (Å²) < 4.78 is 44.7. The standard InChI is InChI=1S/C16H11ClF3NO4/c17-9-2-1-7(5-8(9)16(18,19)20)21-13(23)11-10-3-4-15(6-22,25-10)12(11)14(21)24/h1-5,10-12,22H,6H2/t10-,11-,12+,15+/m1/s1. The monoisotopic (exact) mass is 373 g/mol. The molecule has 0 aliphatic carbocycles. The van der Waals surface area contributed by atoms with Crippen LogP contribution in [-0.2, 0) is 20.5 Å². The normalized spacial score (nSPS) is 33.5. The molecule has 2 bridgehead atoms. The maximum absolute atomic E-state index is 13.1. The number of hydrogen-bond donors (Lipinski definition) is 1. The molecule has 4 atom stereocenters. The summed E-state index contributed by atoms with van der Waals surface area (Å²) in [6.45, 7) is -0.498. The van der Waals surface area contributed by atoms with Crippen LogP contribution in [0.2, 0.25) is 5.02 Å². The Morgan fingerprint density at radius 1 is 1.28 bits per heavy atom. The fourth-order valence-electron chi connectivity index (χ4n) is 3.81. The second kappa shape index (κ2) is 5.06. The number of carbonyl (C=O) groups excluding carboxylic acids is 2. The van der Waals surface area contributed by atoms with E-state index in [1.807, 2.05) is 0 Å². The summed E-state index contributed by atoms with van der Waals surface area (Å²) >= 11 is 5.59. The van der Waals surface area contributed by atoms with Crippen molar-refractivity contribution in [3.8, 4) is 0 Å². The van der Waals surface area contributed by atoms with Crippen molar-refractivity contribution in [2.24, 2.45) is 11.8 Å². The van der Waals surface area contributed by atoms with Crippen LogP contribution in [0, 0.1) is 11.8 Å². The highest BCUT2D eigenvalue weighted by Crippen LogP contribution is 2.52. The molecule has 0 radical (unpaired) electrons. The van der Waals surface area contributed by atoms with Gasteiger partial charge >= 0.3 is 6.18 Å². The summed E-state index contributed by atoms with van der Waals surface area (Å²) in [5.74, 6) is -3.14. The summed E-state index contributed by atoms with van der Waals surface area (Å²) in [6, 6.07) is 2.87. The van der Waals surface area contributed by atoms with Gasteiger partial charge in [-0.1, -0.05) is 23.8 Å². The maximum Gasteiger partial charge on any atom is 0.417 e. The van der Waals surface area contributed by atoms with E-state index < -0.39 is 58.7 Å². The number of alkyl halides is 3. The predicted octanol–water partition coefficient (Wildman–Crippen LogP) is 2.16. The summed E-state index contributed by atoms with van der Waals surface area (Å²) in [6.07, 6.45) is -2.26. The molecule has 1 aromatic carbocycles. The van der Waals surface area contributed by atoms with Crippen molar-refractivity contribution in [2.75, 3.05) is 11.5 Å². The molecule has 4 rings (SSSR count). The summed E-state index contributed by atoms with van der Waals surface area (Å²) in [5.41, 5.74) is -2.62. The van der Waals surface area contributed by atoms with E-state index >= 15 is 0 Å². The van der Waals surface area contributed by atoms with Gasteiger partial charge in [0.05, 0.1) is 40.8 Å². The topological polar surface area (TPSA) is 66.8 Å². The minimum atomic E-state index is -4.72. The lowest BCUT2D eigenvalue weighted by atomic mass is 9.77. The van der Waals surface area contributed by atoms with Crippen molar-refractivity contribution < 1.29 is 32.6 Å². The van der Waals surface area contributed by atoms with Crippen LogP contribution in [0.1, 0.15) is 5.56 Å². The summed E-state index contributed by atoms with van der Waals surface area (Å²) in [4.78, 5) is 26.2. The van der Waals surface area contributed by atoms with Crippen LogP contribution in [-0.4, -0.2) is 35.2 Å². The van der Waals surface area contributed by atoms with E-state index in [9.17, 15) is 27.9 Å². The number of hydrogen-bond acceptors (Lipinski definition) is 4. The van der Waals surface area contributed by atoms with Crippen molar-refractivity contribution in [1.82, 2.24) is 0 Å². The average molecular weight is 374 g/mol. The van der Waals surface area contributed by atoms with Crippen LogP contribution in [0.4, 0.5) is 18.9 Å². The first kappa shape index (κ1) is 16.6. The molecule has 0 unspecified atom stereocenters. The van der Waals surface area contributed by atoms with E-state index in [1.165, 1.54) is 12.1 Å². The molecule has 3 aliphatic heterocycles. The first-order chi connectivity index (χ1) is 11.7. The lowest BCUT2D eigenvalue weighted by Gasteiger charge is -2.26. The number of fused-ring (bicyclic) bond motifs is 5. The first-order valence-electron chi connectivity index (χ1n) is 7.42. The molecule has 2 amide bonds. The number of aliphatic hydroxyl groups is 1. The van der Waals surface area contributed by atoms with Gasteiger partial charge in [0.1, 0.15) is 5.60 Å². The Balaban J connectivity index is 1.77. The maximum atomic E-state index is 13.1. The Labute approximate surface area is 144 Å². The van der Waals surface area contributed by atoms with Crippen LogP contribution in [0.15, 0.2) is 30.4 Å². The zero-order valence-corrected chi connectivity index (χ0v) is 13.2. The molecule has 25 heavy (non-hydrogen) atoms. The number of nitrogens with zero attached hydrogens (tertiary/aromatic N) is 1. The van der Waals surface area contributed by atoms with Gasteiger partial charge in [-0.3, -0.25) is 9.59 Å². The Morgan fingerprint density at radius 2 is 2.00 bits per heavy atom. The number of ether oxygens (including phenoxy) is 1. The summed E-state index contributed by atoms with van der Waals surface area (Å²) in [7, 11) is 0. The van der Waals surface area contributed by atoms with E-state index in [0.29, 0.717) is 6.07 Å². The summed E-state index contributed by atoms with van der Waals surface area (Å²) in [5, 5.41) is 9.09. The SMILES string of the molecule is O=C1[C@H]2[C@@H](C(=O)N1c1ccc(Cl)c(C(F)(F)F)c1)[C@@]1(CO)C=C[C@H]2O1. The zero-order chi connectivity index (χ0) is 18.1. The van der Waals surface area contributed by atoms with Crippen molar-refractivity contribution in [1.29, 1.82) is 0 Å². The van der Waals surface area contributed by atoms with Crippen LogP contribution in [0.3, 0.4) is 0 Å². The van der Waals surface area contributed by atoms with Gasteiger partial charge in [0.25, 0.3) is 0 Å². The molecule has 0 spiro atoms. The predicted molar refractivity (Wildman–Crippen MR) is 79.8 cm³/mol. The zero-order valence-electron chi connectivity index (χ0n) is 12.5. The largest absolute Gasteiger partial charge is 0.417 e. The smallest absolute Gasteiger partial charge is 0.393 e. The Kier molecular flexibility index (Phi) is 3.35. The molecule has 132 valence electrons. The molecule has 2 fully saturated rings. The van der Waals surface area contributed by atoms with Gasteiger partial charge in [-0.05, 0) is 18.2 Å². The van der Waals surface area contributed by atoms with Gasteiger partial charge in [-0.15, -0.1) is 0 Å². The number of anilines is 1. The molecule has 2 saturated heterocycles. The van der Waals surface area contributed by atoms with Gasteiger partial charge in [-0.2, -0.15) is 13.2 Å². The van der Waals surface area contributed by atoms with Crippen LogP contribution >= 0.6 is 11.6 Å². The second-order valence-electron chi connectivity index (χ2n) is 6.23. The van der Waals surface area contributed by atoms with Gasteiger partial charge in [0.15, 0.2) is 0 Å². The number of halogens is 4. The quantitative estimate of drug-likeness (QED) is 0.637. The minimum Gasteiger partial charge on any atom is -0.393 e. The second-order valence-corrected chi connectivity index (χ2v) is 6.64. The Morgan fingerprint density at radius 3 is 2.64 bits per heavy atom. The number of imide groups is 1. The lowest BCUT2D eigenvalue weighted by Crippen LogP contribution is -2.43. The Bertz CT molecular complexity index is 824. The molecule has 1 N–H and O–H groups in total. The van der Waals surface area contributed by atoms with Gasteiger partial charge < -0.3 is 9.84 Å². The molecule has 0 saturated carbocycles. The third-order valence-corrected chi connectivity index (χ3v) is 5.25. The number of aliphatic hydroxyl groups excluding tert-OH is 1. The average Bonchev–Trinajstić information content (AvgIpc) is 3.18. The molecular weight excluding hydrogens is 363 g/mol. The van der Waals surface area contributed by atoms with Crippen molar-refractivity contribution in [3.05, 3.63) is 40.9 Å². The van der Waals surface area contributed by atoms with Crippen molar-refractivity contribution in [3.63, 3.8) is 0 Å². The first-order valence-corrected chi connectivity index (χ1v) is 7.80. The fourth-order valence-corrected chi connectivity index (χ4v) is 4.03. The van der Waals surface area contributed by atoms with Crippen molar-refractivity contribution >= 4 is 29.1 Å². The molecule has 3 heterocycles. The Hall–Kier alpha value is -1.90. The van der Waals surface area contributed by atoms with E-state index in [-0.39, 0.29) is 5.69 Å². The fraction of sp³-hybridized carbons (Fsp3) is 0.375. The third kappa shape index (κ3) is 2.11. The molecule has 5 nitrogen and oxygen atoms in total. The number of benzene rings is 1. The number of rotatable bonds is 2. The minimum absolute atomic E-state index is 0.200. The van der Waals surface area contributed by atoms with E-state index in [2.05, 4.69) is 0 Å². The molecule has 3 aliphatic rings. The van der Waals surface area contributed by atoms with Gasteiger partial charge in [-0.25, -0.2) is 4.90 Å². The highest BCUT2D eigenvalue weighted by Gasteiger charge is 2.67. The number of carbonyl (C=O) groups is 2. The third-order valence-electron chi connectivity index (χ3n) is 4.92. The van der Waals surface area contributed by atoms with Crippen LogP contribution in [0.5, 0.6) is 0 Å². The van der Waals surface area contributed by atoms with Crippen LogP contribution < -0.4 is 4.90 Å². The lowest BCUT2D eigenvalue weighted by molar-refractivity contribution is -0.137. The van der Waals surface area contributed by atoms with Crippen LogP contribution in [0.25, 0.3) is 0 Å². The van der Waals surface area contributed by atoms with Gasteiger partial charge in [0.2, 0.25) is 11.8 Å². The molecule has 1 aromatic rings. The van der Waals surface area contributed by atoms with E-state index in [4.69, 9.17) is 16.3 Å². The van der Waals surface area contributed by atoms with E-state index in [0.717, 1.165) is 11.0 Å². The molecule has 9 heteroatoms. The molecular formula is C16H11ClF3NO4. The van der Waals surface area contributed by atoms with Crippen molar-refractivity contribution in [2.45, 2.75) is 17.9 Å².